The van der Waals surface area contributed by atoms with Crippen molar-refractivity contribution >= 4 is 5.91 Å². The number of carbonyl (C=O) groups excluding carboxylic acids is 1. The van der Waals surface area contributed by atoms with Gasteiger partial charge in [-0.2, -0.15) is 23.4 Å². The summed E-state index contributed by atoms with van der Waals surface area (Å²) in [5.74, 6) is 0.337. The molecule has 2 aromatic heterocycles. The third-order valence-electron chi connectivity index (χ3n) is 5.06. The van der Waals surface area contributed by atoms with Gasteiger partial charge in [0, 0.05) is 25.0 Å². The van der Waals surface area contributed by atoms with Crippen molar-refractivity contribution in [1.29, 1.82) is 0 Å². The molecule has 2 heterocycles. The average Bonchev–Trinajstić information content (AvgIpc) is 3.36. The van der Waals surface area contributed by atoms with E-state index in [0.717, 1.165) is 6.07 Å². The molecule has 0 atom stereocenters. The van der Waals surface area contributed by atoms with Crippen LogP contribution in [-0.4, -0.2) is 32.0 Å². The Morgan fingerprint density at radius 1 is 1.09 bits per heavy atom. The molecule has 10 heteroatoms. The maximum Gasteiger partial charge on any atom is 0.435 e. The summed E-state index contributed by atoms with van der Waals surface area (Å²) in [7, 11) is 0. The van der Waals surface area contributed by atoms with Crippen molar-refractivity contribution < 1.29 is 22.7 Å². The summed E-state index contributed by atoms with van der Waals surface area (Å²) < 4.78 is 46.7. The van der Waals surface area contributed by atoms with E-state index in [9.17, 15) is 18.0 Å². The number of rotatable bonds is 8. The van der Waals surface area contributed by atoms with Crippen molar-refractivity contribution in [3.8, 4) is 5.75 Å². The first-order chi connectivity index (χ1) is 15.4. The summed E-state index contributed by atoms with van der Waals surface area (Å²) in [5, 5.41) is 10.5. The molecule has 178 valence electrons. The van der Waals surface area contributed by atoms with Gasteiger partial charge in [-0.05, 0) is 48.6 Å². The van der Waals surface area contributed by atoms with Gasteiger partial charge in [-0.25, -0.2) is 4.68 Å². The van der Waals surface area contributed by atoms with Crippen molar-refractivity contribution in [2.75, 3.05) is 6.54 Å². The van der Waals surface area contributed by atoms with Crippen molar-refractivity contribution in [2.45, 2.75) is 59.0 Å². The van der Waals surface area contributed by atoms with Gasteiger partial charge < -0.3 is 10.1 Å². The van der Waals surface area contributed by atoms with Crippen molar-refractivity contribution in [2.24, 2.45) is 0 Å². The molecule has 7 nitrogen and oxygen atoms in total. The van der Waals surface area contributed by atoms with Crippen LogP contribution in [0.3, 0.4) is 0 Å². The summed E-state index contributed by atoms with van der Waals surface area (Å²) in [6, 6.07) is 10.4. The predicted molar refractivity (Wildman–Crippen MR) is 117 cm³/mol. The first-order valence-electron chi connectivity index (χ1n) is 10.6. The van der Waals surface area contributed by atoms with Gasteiger partial charge in [0.15, 0.2) is 12.4 Å². The molecule has 0 aliphatic heterocycles. The molecule has 0 bridgehead atoms. The number of nitrogens with zero attached hydrogens (tertiary/aromatic N) is 4. The van der Waals surface area contributed by atoms with Crippen LogP contribution in [0, 0.1) is 6.92 Å². The molecule has 3 aromatic rings. The molecular weight excluding hydrogens is 435 g/mol. The lowest BCUT2D eigenvalue weighted by Crippen LogP contribution is -2.26. The standard InChI is InChI=1S/C23H28F3N5O2/c1-16-14-20(23(24,25)26)29-31(16)12-5-11-27-21(32)19-10-13-30(28-19)15-33-18-8-6-17(7-9-18)22(2,3)4/h6-10,13-14H,5,11-12,15H2,1-4H3,(H,27,32). The highest BCUT2D eigenvalue weighted by atomic mass is 19.4. The van der Waals surface area contributed by atoms with E-state index in [2.05, 4.69) is 36.3 Å². The zero-order chi connectivity index (χ0) is 24.2. The summed E-state index contributed by atoms with van der Waals surface area (Å²) in [4.78, 5) is 12.3. The molecular formula is C23H28F3N5O2. The molecule has 0 aliphatic carbocycles. The number of aryl methyl sites for hydroxylation is 2. The number of nitrogens with one attached hydrogen (secondary N) is 1. The fourth-order valence-corrected chi connectivity index (χ4v) is 3.14. The number of alkyl halides is 3. The molecule has 1 N–H and O–H groups in total. The fourth-order valence-electron chi connectivity index (χ4n) is 3.14. The van der Waals surface area contributed by atoms with E-state index in [0.29, 0.717) is 17.9 Å². The van der Waals surface area contributed by atoms with Crippen LogP contribution in [0.5, 0.6) is 5.75 Å². The lowest BCUT2D eigenvalue weighted by atomic mass is 9.87. The van der Waals surface area contributed by atoms with Gasteiger partial charge in [-0.15, -0.1) is 0 Å². The Hall–Kier alpha value is -3.30. The number of amides is 1. The highest BCUT2D eigenvalue weighted by molar-refractivity contribution is 5.92. The van der Waals surface area contributed by atoms with Gasteiger partial charge in [0.1, 0.15) is 11.4 Å². The molecule has 0 radical (unpaired) electrons. The summed E-state index contributed by atoms with van der Waals surface area (Å²) in [6.45, 7) is 8.68. The van der Waals surface area contributed by atoms with E-state index in [4.69, 9.17) is 4.74 Å². The number of hydrogen-bond donors (Lipinski definition) is 1. The zero-order valence-electron chi connectivity index (χ0n) is 19.1. The van der Waals surface area contributed by atoms with Crippen LogP contribution in [0.4, 0.5) is 13.2 Å². The highest BCUT2D eigenvalue weighted by Crippen LogP contribution is 2.28. The molecule has 0 spiro atoms. The van der Waals surface area contributed by atoms with Gasteiger partial charge in [0.25, 0.3) is 5.91 Å². The third-order valence-corrected chi connectivity index (χ3v) is 5.06. The smallest absolute Gasteiger partial charge is 0.435 e. The molecule has 0 aliphatic rings. The van der Waals surface area contributed by atoms with E-state index in [1.165, 1.54) is 14.9 Å². The summed E-state index contributed by atoms with van der Waals surface area (Å²) >= 11 is 0. The first-order valence-corrected chi connectivity index (χ1v) is 10.6. The maximum absolute atomic E-state index is 12.7. The Morgan fingerprint density at radius 2 is 1.79 bits per heavy atom. The molecule has 3 rings (SSSR count). The number of hydrogen-bond acceptors (Lipinski definition) is 4. The predicted octanol–water partition coefficient (Wildman–Crippen LogP) is 4.56. The maximum atomic E-state index is 12.7. The zero-order valence-corrected chi connectivity index (χ0v) is 19.1. The van der Waals surface area contributed by atoms with Crippen LogP contribution in [0.25, 0.3) is 0 Å². The average molecular weight is 464 g/mol. The number of ether oxygens (including phenoxy) is 1. The minimum absolute atomic E-state index is 0.0615. The molecule has 0 saturated carbocycles. The number of benzene rings is 1. The van der Waals surface area contributed by atoms with Gasteiger partial charge in [0.2, 0.25) is 0 Å². The van der Waals surface area contributed by atoms with E-state index in [1.807, 2.05) is 24.3 Å². The Balaban J connectivity index is 1.44. The molecule has 33 heavy (non-hydrogen) atoms. The summed E-state index contributed by atoms with van der Waals surface area (Å²) in [5.41, 5.74) is 1.00. The van der Waals surface area contributed by atoms with Gasteiger partial charge >= 0.3 is 6.18 Å². The molecule has 0 saturated heterocycles. The monoisotopic (exact) mass is 463 g/mol. The molecule has 0 fully saturated rings. The highest BCUT2D eigenvalue weighted by Gasteiger charge is 2.34. The van der Waals surface area contributed by atoms with E-state index < -0.39 is 11.9 Å². The third kappa shape index (κ3) is 6.59. The van der Waals surface area contributed by atoms with Gasteiger partial charge in [-0.3, -0.25) is 9.48 Å². The van der Waals surface area contributed by atoms with Crippen LogP contribution < -0.4 is 10.1 Å². The lowest BCUT2D eigenvalue weighted by Gasteiger charge is -2.19. The fraction of sp³-hybridized carbons (Fsp3) is 0.435. The molecule has 0 unspecified atom stereocenters. The van der Waals surface area contributed by atoms with Crippen LogP contribution >= 0.6 is 0 Å². The van der Waals surface area contributed by atoms with Gasteiger partial charge in [-0.1, -0.05) is 32.9 Å². The van der Waals surface area contributed by atoms with E-state index in [1.54, 1.807) is 19.2 Å². The second kappa shape index (κ2) is 9.68. The SMILES string of the molecule is Cc1cc(C(F)(F)F)nn1CCCNC(=O)c1ccn(COc2ccc(C(C)(C)C)cc2)n1. The number of carbonyl (C=O) groups is 1. The number of halogens is 3. The molecule has 1 aromatic carbocycles. The first kappa shape index (κ1) is 24.3. The topological polar surface area (TPSA) is 74.0 Å². The largest absolute Gasteiger partial charge is 0.471 e. The Morgan fingerprint density at radius 3 is 2.39 bits per heavy atom. The Labute approximate surface area is 190 Å². The van der Waals surface area contributed by atoms with Crippen molar-refractivity contribution in [3.05, 3.63) is 65.2 Å². The quantitative estimate of drug-likeness (QED) is 0.497. The summed E-state index contributed by atoms with van der Waals surface area (Å²) in [6.07, 6.45) is -2.40. The lowest BCUT2D eigenvalue weighted by molar-refractivity contribution is -0.141. The van der Waals surface area contributed by atoms with Crippen LogP contribution in [0.15, 0.2) is 42.6 Å². The second-order valence-electron chi connectivity index (χ2n) is 8.79. The van der Waals surface area contributed by atoms with E-state index in [-0.39, 0.29) is 36.8 Å². The van der Waals surface area contributed by atoms with E-state index >= 15 is 0 Å². The molecule has 1 amide bonds. The van der Waals surface area contributed by atoms with Crippen molar-refractivity contribution in [3.63, 3.8) is 0 Å². The van der Waals surface area contributed by atoms with Gasteiger partial charge in [0.05, 0.1) is 0 Å². The number of aromatic nitrogens is 4. The Bertz CT molecular complexity index is 1080. The second-order valence-corrected chi connectivity index (χ2v) is 8.79. The van der Waals surface area contributed by atoms with Crippen molar-refractivity contribution in [1.82, 2.24) is 24.9 Å². The Kier molecular flexibility index (Phi) is 7.14. The van der Waals surface area contributed by atoms with Crippen LogP contribution in [-0.2, 0) is 24.9 Å². The minimum atomic E-state index is -4.47. The normalized spacial score (nSPS) is 12.1. The van der Waals surface area contributed by atoms with Crippen LogP contribution in [0.2, 0.25) is 0 Å². The van der Waals surface area contributed by atoms with Crippen LogP contribution in [0.1, 0.15) is 54.6 Å². The minimum Gasteiger partial charge on any atom is -0.471 e.